The van der Waals surface area contributed by atoms with Crippen LogP contribution in [0.15, 0.2) is 41.0 Å². The fraction of sp³-hybridized carbons (Fsp3) is 0.250. The fourth-order valence-corrected chi connectivity index (χ4v) is 2.06. The zero-order chi connectivity index (χ0) is 16.1. The Hall–Kier alpha value is -2.63. The summed E-state index contributed by atoms with van der Waals surface area (Å²) in [4.78, 5) is 23.2. The van der Waals surface area contributed by atoms with Crippen LogP contribution in [0.2, 0.25) is 0 Å². The van der Waals surface area contributed by atoms with Gasteiger partial charge in [0.25, 0.3) is 0 Å². The molecule has 0 saturated carbocycles. The molecule has 2 rings (SSSR count). The summed E-state index contributed by atoms with van der Waals surface area (Å²) in [5.74, 6) is -1.38. The van der Waals surface area contributed by atoms with Crippen molar-refractivity contribution in [1.82, 2.24) is 5.32 Å². The first kappa shape index (κ1) is 15.8. The van der Waals surface area contributed by atoms with Crippen LogP contribution in [0.25, 0.3) is 0 Å². The van der Waals surface area contributed by atoms with Crippen LogP contribution in [-0.2, 0) is 16.0 Å². The number of furan rings is 1. The maximum Gasteiger partial charge on any atom is 0.330 e. The molecule has 2 aromatic rings. The van der Waals surface area contributed by atoms with Crippen molar-refractivity contribution < 1.29 is 23.5 Å². The first-order valence-corrected chi connectivity index (χ1v) is 6.78. The Bertz CT molecular complexity index is 667. The van der Waals surface area contributed by atoms with Gasteiger partial charge >= 0.3 is 5.97 Å². The number of aryl methyl sites for hydroxylation is 2. The zero-order valence-electron chi connectivity index (χ0n) is 12.0. The molecule has 0 saturated heterocycles. The zero-order valence-corrected chi connectivity index (χ0v) is 12.0. The second kappa shape index (κ2) is 6.89. The largest absolute Gasteiger partial charge is 0.479 e. The maximum atomic E-state index is 13.3. The number of halogens is 1. The Morgan fingerprint density at radius 1 is 1.36 bits per heavy atom. The Balaban J connectivity index is 2.03. The van der Waals surface area contributed by atoms with Crippen molar-refractivity contribution in [2.75, 3.05) is 0 Å². The Morgan fingerprint density at radius 2 is 2.14 bits per heavy atom. The summed E-state index contributed by atoms with van der Waals surface area (Å²) < 4.78 is 18.4. The summed E-state index contributed by atoms with van der Waals surface area (Å²) in [6.45, 7) is 1.54. The first-order chi connectivity index (χ1) is 10.5. The standard InChI is InChI=1S/C16H16FNO4/c1-10-9-11(4-6-13(10)17)15(16(20)21)18-14(19)7-5-12-3-2-8-22-12/h2-4,6,8-9,15H,5,7H2,1H3,(H,18,19)(H,20,21). The molecule has 0 fully saturated rings. The molecule has 5 nitrogen and oxygen atoms in total. The van der Waals surface area contributed by atoms with Gasteiger partial charge in [0.1, 0.15) is 11.6 Å². The summed E-state index contributed by atoms with van der Waals surface area (Å²) in [5.41, 5.74) is 0.659. The molecule has 1 aromatic heterocycles. The quantitative estimate of drug-likeness (QED) is 0.859. The average molecular weight is 305 g/mol. The molecule has 6 heteroatoms. The van der Waals surface area contributed by atoms with Crippen molar-refractivity contribution in [1.29, 1.82) is 0 Å². The van der Waals surface area contributed by atoms with E-state index in [1.807, 2.05) is 0 Å². The molecule has 1 unspecified atom stereocenters. The van der Waals surface area contributed by atoms with E-state index in [0.717, 1.165) is 0 Å². The minimum atomic E-state index is -1.21. The second-order valence-electron chi connectivity index (χ2n) is 4.93. The SMILES string of the molecule is Cc1cc(C(NC(=O)CCc2ccco2)C(=O)O)ccc1F. The van der Waals surface area contributed by atoms with Crippen molar-refractivity contribution in [3.8, 4) is 0 Å². The van der Waals surface area contributed by atoms with Gasteiger partial charge in [-0.3, -0.25) is 4.79 Å². The molecular formula is C16H16FNO4. The van der Waals surface area contributed by atoms with E-state index >= 15 is 0 Å². The Labute approximate surface area is 126 Å². The molecule has 0 bridgehead atoms. The van der Waals surface area contributed by atoms with Crippen LogP contribution in [0.4, 0.5) is 4.39 Å². The minimum absolute atomic E-state index is 0.109. The number of hydrogen-bond acceptors (Lipinski definition) is 3. The number of carboxylic acids is 1. The van der Waals surface area contributed by atoms with Crippen LogP contribution in [-0.4, -0.2) is 17.0 Å². The molecule has 0 aliphatic rings. The van der Waals surface area contributed by atoms with Gasteiger partial charge in [-0.1, -0.05) is 12.1 Å². The van der Waals surface area contributed by atoms with Gasteiger partial charge in [-0.25, -0.2) is 9.18 Å². The van der Waals surface area contributed by atoms with E-state index in [1.165, 1.54) is 31.4 Å². The van der Waals surface area contributed by atoms with Gasteiger partial charge in [0, 0.05) is 12.8 Å². The lowest BCUT2D eigenvalue weighted by Crippen LogP contribution is -2.33. The summed E-state index contributed by atoms with van der Waals surface area (Å²) in [7, 11) is 0. The third-order valence-electron chi connectivity index (χ3n) is 3.25. The maximum absolute atomic E-state index is 13.3. The highest BCUT2D eigenvalue weighted by Crippen LogP contribution is 2.17. The molecule has 116 valence electrons. The lowest BCUT2D eigenvalue weighted by atomic mass is 10.0. The van der Waals surface area contributed by atoms with Gasteiger partial charge in [-0.15, -0.1) is 0 Å². The van der Waals surface area contributed by atoms with Gasteiger partial charge < -0.3 is 14.8 Å². The van der Waals surface area contributed by atoms with Gasteiger partial charge in [-0.05, 0) is 36.2 Å². The van der Waals surface area contributed by atoms with E-state index in [9.17, 15) is 19.1 Å². The third kappa shape index (κ3) is 3.94. The second-order valence-corrected chi connectivity index (χ2v) is 4.93. The van der Waals surface area contributed by atoms with E-state index in [2.05, 4.69) is 5.32 Å². The summed E-state index contributed by atoms with van der Waals surface area (Å²) in [6.07, 6.45) is 2.00. The number of rotatable bonds is 6. The predicted octanol–water partition coefficient (Wildman–Crippen LogP) is 2.60. The number of hydrogen-bond donors (Lipinski definition) is 2. The van der Waals surface area contributed by atoms with Crippen LogP contribution < -0.4 is 5.32 Å². The van der Waals surface area contributed by atoms with Crippen LogP contribution in [0.3, 0.4) is 0 Å². The van der Waals surface area contributed by atoms with E-state index in [1.54, 1.807) is 12.1 Å². The van der Waals surface area contributed by atoms with Crippen molar-refractivity contribution in [3.63, 3.8) is 0 Å². The summed E-state index contributed by atoms with van der Waals surface area (Å²) in [5, 5.41) is 11.7. The topological polar surface area (TPSA) is 79.5 Å². The molecule has 1 atom stereocenters. The number of amides is 1. The molecule has 1 aromatic carbocycles. The van der Waals surface area contributed by atoms with Crippen molar-refractivity contribution in [2.45, 2.75) is 25.8 Å². The number of carbonyl (C=O) groups is 2. The Kier molecular flexibility index (Phi) is 4.93. The molecule has 0 aliphatic carbocycles. The third-order valence-corrected chi connectivity index (χ3v) is 3.25. The average Bonchev–Trinajstić information content (AvgIpc) is 2.98. The number of carboxylic acid groups (broad SMARTS) is 1. The van der Waals surface area contributed by atoms with E-state index in [4.69, 9.17) is 4.42 Å². The minimum Gasteiger partial charge on any atom is -0.479 e. The highest BCUT2D eigenvalue weighted by Gasteiger charge is 2.22. The van der Waals surface area contributed by atoms with E-state index in [-0.39, 0.29) is 6.42 Å². The fourth-order valence-electron chi connectivity index (χ4n) is 2.06. The van der Waals surface area contributed by atoms with Crippen LogP contribution in [0, 0.1) is 12.7 Å². The van der Waals surface area contributed by atoms with Crippen molar-refractivity contribution in [3.05, 3.63) is 59.3 Å². The van der Waals surface area contributed by atoms with Crippen LogP contribution in [0.5, 0.6) is 0 Å². The lowest BCUT2D eigenvalue weighted by Gasteiger charge is -2.15. The van der Waals surface area contributed by atoms with Gasteiger partial charge in [0.15, 0.2) is 6.04 Å². The van der Waals surface area contributed by atoms with Crippen LogP contribution in [0.1, 0.15) is 29.3 Å². The normalized spacial score (nSPS) is 11.9. The molecule has 0 radical (unpaired) electrons. The smallest absolute Gasteiger partial charge is 0.330 e. The summed E-state index contributed by atoms with van der Waals surface area (Å²) >= 11 is 0. The first-order valence-electron chi connectivity index (χ1n) is 6.78. The molecule has 2 N–H and O–H groups in total. The number of nitrogens with one attached hydrogen (secondary N) is 1. The monoisotopic (exact) mass is 305 g/mol. The molecule has 1 heterocycles. The molecule has 0 spiro atoms. The van der Waals surface area contributed by atoms with E-state index < -0.39 is 23.7 Å². The summed E-state index contributed by atoms with van der Waals surface area (Å²) in [6, 6.07) is 6.22. The van der Waals surface area contributed by atoms with Crippen LogP contribution >= 0.6 is 0 Å². The lowest BCUT2D eigenvalue weighted by molar-refractivity contribution is -0.142. The molecule has 0 aliphatic heterocycles. The van der Waals surface area contributed by atoms with Crippen molar-refractivity contribution >= 4 is 11.9 Å². The highest BCUT2D eigenvalue weighted by atomic mass is 19.1. The van der Waals surface area contributed by atoms with Crippen molar-refractivity contribution in [2.24, 2.45) is 0 Å². The molecule has 1 amide bonds. The number of benzene rings is 1. The number of aliphatic carboxylic acids is 1. The number of carbonyl (C=O) groups excluding carboxylic acids is 1. The van der Waals surface area contributed by atoms with Gasteiger partial charge in [0.2, 0.25) is 5.91 Å². The molecular weight excluding hydrogens is 289 g/mol. The predicted molar refractivity (Wildman–Crippen MR) is 76.7 cm³/mol. The molecule has 22 heavy (non-hydrogen) atoms. The highest BCUT2D eigenvalue weighted by molar-refractivity contribution is 5.84. The van der Waals surface area contributed by atoms with Gasteiger partial charge in [-0.2, -0.15) is 0 Å². The van der Waals surface area contributed by atoms with Gasteiger partial charge in [0.05, 0.1) is 6.26 Å². The Morgan fingerprint density at radius 3 is 2.73 bits per heavy atom. The van der Waals surface area contributed by atoms with E-state index in [0.29, 0.717) is 23.3 Å².